The lowest BCUT2D eigenvalue weighted by Gasteiger charge is -2.17. The largest absolute Gasteiger partial charge is 0.397 e. The lowest BCUT2D eigenvalue weighted by molar-refractivity contribution is -0.116. The van der Waals surface area contributed by atoms with Gasteiger partial charge in [-0.05, 0) is 25.2 Å². The summed E-state index contributed by atoms with van der Waals surface area (Å²) in [6, 6.07) is 3.12. The van der Waals surface area contributed by atoms with E-state index in [2.05, 4.69) is 24.1 Å². The summed E-state index contributed by atoms with van der Waals surface area (Å²) in [5, 5.41) is 3.52. The van der Waals surface area contributed by atoms with E-state index in [0.29, 0.717) is 34.4 Å². The second-order valence-corrected chi connectivity index (χ2v) is 5.02. The summed E-state index contributed by atoms with van der Waals surface area (Å²) in [6.07, 6.45) is 0.403. The summed E-state index contributed by atoms with van der Waals surface area (Å²) >= 11 is 11.8. The van der Waals surface area contributed by atoms with Gasteiger partial charge in [0.05, 0.1) is 16.4 Å². The van der Waals surface area contributed by atoms with Crippen LogP contribution in [0.4, 0.5) is 11.4 Å². The van der Waals surface area contributed by atoms with Gasteiger partial charge in [-0.2, -0.15) is 0 Å². The number of hydrogen-bond donors (Lipinski definition) is 2. The van der Waals surface area contributed by atoms with Crippen molar-refractivity contribution >= 4 is 40.5 Å². The first-order valence-corrected chi connectivity index (χ1v) is 7.00. The Hall–Kier alpha value is -0.970. The van der Waals surface area contributed by atoms with Crippen LogP contribution in [0.3, 0.4) is 0 Å². The molecule has 0 heterocycles. The third-order valence-electron chi connectivity index (χ3n) is 2.90. The van der Waals surface area contributed by atoms with Crippen LogP contribution in [0.15, 0.2) is 12.1 Å². The summed E-state index contributed by atoms with van der Waals surface area (Å²) in [4.78, 5) is 14.0. The first-order chi connectivity index (χ1) is 8.97. The number of benzene rings is 1. The average Bonchev–Trinajstić information content (AvgIpc) is 2.35. The van der Waals surface area contributed by atoms with Crippen LogP contribution in [0.25, 0.3) is 0 Å². The monoisotopic (exact) mass is 303 g/mol. The fraction of sp³-hybridized carbons (Fsp3) is 0.462. The molecule has 0 aliphatic carbocycles. The average molecular weight is 304 g/mol. The van der Waals surface area contributed by atoms with Crippen molar-refractivity contribution in [3.63, 3.8) is 0 Å². The molecule has 19 heavy (non-hydrogen) atoms. The van der Waals surface area contributed by atoms with E-state index in [0.717, 1.165) is 13.1 Å². The minimum absolute atomic E-state index is 0.108. The number of nitrogens with one attached hydrogen (secondary N) is 1. The van der Waals surface area contributed by atoms with Gasteiger partial charge in [-0.1, -0.05) is 37.0 Å². The molecule has 0 atom stereocenters. The molecule has 0 spiro atoms. The quantitative estimate of drug-likeness (QED) is 0.793. The van der Waals surface area contributed by atoms with Gasteiger partial charge < -0.3 is 16.0 Å². The number of amides is 1. The Bertz CT molecular complexity index is 425. The van der Waals surface area contributed by atoms with E-state index in [9.17, 15) is 4.79 Å². The molecule has 0 aromatic heterocycles. The molecule has 4 nitrogen and oxygen atoms in total. The number of hydrogen-bond acceptors (Lipinski definition) is 3. The third kappa shape index (κ3) is 4.90. The van der Waals surface area contributed by atoms with Gasteiger partial charge in [-0.25, -0.2) is 0 Å². The van der Waals surface area contributed by atoms with Gasteiger partial charge in [0.25, 0.3) is 0 Å². The molecular weight excluding hydrogens is 285 g/mol. The van der Waals surface area contributed by atoms with Crippen LogP contribution in [0.1, 0.15) is 20.3 Å². The molecule has 0 unspecified atom stereocenters. The first kappa shape index (κ1) is 16.1. The number of nitrogens with two attached hydrogens (primary N) is 1. The van der Waals surface area contributed by atoms with Gasteiger partial charge in [0.1, 0.15) is 0 Å². The highest BCUT2D eigenvalue weighted by Gasteiger charge is 2.11. The van der Waals surface area contributed by atoms with Crippen molar-refractivity contribution in [3.8, 4) is 0 Å². The van der Waals surface area contributed by atoms with Crippen LogP contribution in [0, 0.1) is 0 Å². The Kier molecular flexibility index (Phi) is 6.42. The second-order valence-electron chi connectivity index (χ2n) is 4.18. The predicted octanol–water partition coefficient (Wildman–Crippen LogP) is 3.25. The topological polar surface area (TPSA) is 58.4 Å². The van der Waals surface area contributed by atoms with E-state index in [4.69, 9.17) is 28.9 Å². The number of nitrogens with zero attached hydrogens (tertiary/aromatic N) is 1. The van der Waals surface area contributed by atoms with Crippen LogP contribution in [0.5, 0.6) is 0 Å². The summed E-state index contributed by atoms with van der Waals surface area (Å²) in [6.45, 7) is 6.69. The molecule has 0 fully saturated rings. The van der Waals surface area contributed by atoms with E-state index in [1.807, 2.05) is 0 Å². The maximum atomic E-state index is 11.9. The molecule has 106 valence electrons. The van der Waals surface area contributed by atoms with Crippen molar-refractivity contribution in [3.05, 3.63) is 22.2 Å². The Morgan fingerprint density at radius 2 is 1.95 bits per heavy atom. The first-order valence-electron chi connectivity index (χ1n) is 6.24. The van der Waals surface area contributed by atoms with Crippen molar-refractivity contribution in [2.24, 2.45) is 0 Å². The van der Waals surface area contributed by atoms with Crippen molar-refractivity contribution in [2.45, 2.75) is 20.3 Å². The Morgan fingerprint density at radius 3 is 2.47 bits per heavy atom. The summed E-state index contributed by atoms with van der Waals surface area (Å²) in [7, 11) is 0. The zero-order valence-electron chi connectivity index (χ0n) is 11.2. The molecule has 1 rings (SSSR count). The van der Waals surface area contributed by atoms with Crippen LogP contribution in [-0.2, 0) is 4.79 Å². The molecule has 1 amide bonds. The number of rotatable bonds is 6. The van der Waals surface area contributed by atoms with Gasteiger partial charge in [0, 0.05) is 18.0 Å². The van der Waals surface area contributed by atoms with Crippen molar-refractivity contribution in [2.75, 3.05) is 30.7 Å². The molecule has 6 heteroatoms. The molecule has 0 saturated carbocycles. The molecule has 0 aliphatic heterocycles. The lowest BCUT2D eigenvalue weighted by Crippen LogP contribution is -2.27. The number of halogens is 2. The van der Waals surface area contributed by atoms with Gasteiger partial charge in [-0.15, -0.1) is 0 Å². The van der Waals surface area contributed by atoms with Crippen molar-refractivity contribution in [1.29, 1.82) is 0 Å². The fourth-order valence-corrected chi connectivity index (χ4v) is 2.28. The van der Waals surface area contributed by atoms with Gasteiger partial charge in [0.15, 0.2) is 0 Å². The standard InChI is InChI=1S/C13H19Cl2N3O/c1-3-18(4-2)6-5-12(19)17-13-10(15)7-9(14)8-11(13)16/h7-8H,3-6,16H2,1-2H3,(H,17,19). The van der Waals surface area contributed by atoms with Crippen LogP contribution < -0.4 is 11.1 Å². The summed E-state index contributed by atoms with van der Waals surface area (Å²) < 4.78 is 0. The van der Waals surface area contributed by atoms with E-state index >= 15 is 0 Å². The zero-order chi connectivity index (χ0) is 14.4. The Balaban J connectivity index is 2.62. The normalized spacial score (nSPS) is 10.8. The maximum Gasteiger partial charge on any atom is 0.225 e. The Morgan fingerprint density at radius 1 is 1.32 bits per heavy atom. The number of carbonyl (C=O) groups excluding carboxylic acids is 1. The number of nitrogen functional groups attached to an aromatic ring is 1. The molecule has 1 aromatic carbocycles. The van der Waals surface area contributed by atoms with E-state index in [1.165, 1.54) is 0 Å². The second kappa shape index (κ2) is 7.58. The fourth-order valence-electron chi connectivity index (χ4n) is 1.73. The predicted molar refractivity (Wildman–Crippen MR) is 81.9 cm³/mol. The van der Waals surface area contributed by atoms with Crippen molar-refractivity contribution < 1.29 is 4.79 Å². The lowest BCUT2D eigenvalue weighted by atomic mass is 10.2. The SMILES string of the molecule is CCN(CC)CCC(=O)Nc1c(N)cc(Cl)cc1Cl. The molecule has 1 aromatic rings. The smallest absolute Gasteiger partial charge is 0.225 e. The van der Waals surface area contributed by atoms with E-state index in [-0.39, 0.29) is 5.91 Å². The maximum absolute atomic E-state index is 11.9. The number of anilines is 2. The van der Waals surface area contributed by atoms with Gasteiger partial charge >= 0.3 is 0 Å². The zero-order valence-corrected chi connectivity index (χ0v) is 12.7. The minimum atomic E-state index is -0.108. The number of carbonyl (C=O) groups is 1. The molecule has 0 bridgehead atoms. The molecule has 0 radical (unpaired) electrons. The van der Waals surface area contributed by atoms with E-state index < -0.39 is 0 Å². The highest BCUT2D eigenvalue weighted by molar-refractivity contribution is 6.37. The third-order valence-corrected chi connectivity index (χ3v) is 3.42. The molecule has 3 N–H and O–H groups in total. The van der Waals surface area contributed by atoms with Gasteiger partial charge in [-0.3, -0.25) is 4.79 Å². The van der Waals surface area contributed by atoms with Crippen molar-refractivity contribution in [1.82, 2.24) is 4.90 Å². The summed E-state index contributed by atoms with van der Waals surface area (Å²) in [5.74, 6) is -0.108. The highest BCUT2D eigenvalue weighted by Crippen LogP contribution is 2.32. The minimum Gasteiger partial charge on any atom is -0.397 e. The summed E-state index contributed by atoms with van der Waals surface area (Å²) in [5.41, 5.74) is 6.58. The molecule has 0 saturated heterocycles. The molecule has 0 aliphatic rings. The van der Waals surface area contributed by atoms with Crippen LogP contribution in [-0.4, -0.2) is 30.4 Å². The van der Waals surface area contributed by atoms with E-state index in [1.54, 1.807) is 12.1 Å². The highest BCUT2D eigenvalue weighted by atomic mass is 35.5. The molecular formula is C13H19Cl2N3O. The van der Waals surface area contributed by atoms with Crippen LogP contribution in [0.2, 0.25) is 10.0 Å². The Labute approximate surface area is 123 Å². The van der Waals surface area contributed by atoms with Crippen LogP contribution >= 0.6 is 23.2 Å². The van der Waals surface area contributed by atoms with Gasteiger partial charge in [0.2, 0.25) is 5.91 Å².